The van der Waals surface area contributed by atoms with Gasteiger partial charge in [-0.25, -0.2) is 0 Å². The maximum absolute atomic E-state index is 6.43. The summed E-state index contributed by atoms with van der Waals surface area (Å²) in [5.74, 6) is 0. The van der Waals surface area contributed by atoms with Gasteiger partial charge in [-0.05, 0) is 147 Å². The van der Waals surface area contributed by atoms with Gasteiger partial charge in [0.15, 0.2) is 0 Å². The molecule has 0 N–H and O–H groups in total. The van der Waals surface area contributed by atoms with E-state index in [9.17, 15) is 0 Å². The molecule has 0 fully saturated rings. The van der Waals surface area contributed by atoms with Crippen molar-refractivity contribution >= 4 is 115 Å². The molecule has 0 bridgehead atoms. The van der Waals surface area contributed by atoms with Crippen molar-refractivity contribution < 1.29 is 8.83 Å². The van der Waals surface area contributed by atoms with Crippen LogP contribution in [0.1, 0.15) is 5.56 Å². The molecule has 0 amide bonds. The van der Waals surface area contributed by atoms with E-state index < -0.39 is 0 Å². The SMILES string of the molecule is Cc1cc(N(c2ccccc2)c2ccc3oc4cc5ccccc5cc4c3c2)c(Br)c(N(c2ccccc2)c2ccc3oc4cc5ccccc5cc4c3c2)c1. The monoisotopic (exact) mass is 784 g/mol. The minimum Gasteiger partial charge on any atom is -0.456 e. The van der Waals surface area contributed by atoms with Gasteiger partial charge in [0.05, 0.1) is 15.8 Å². The zero-order valence-electron chi connectivity index (χ0n) is 30.4. The lowest BCUT2D eigenvalue weighted by molar-refractivity contribution is 0.669. The van der Waals surface area contributed by atoms with Gasteiger partial charge < -0.3 is 18.6 Å². The first-order valence-electron chi connectivity index (χ1n) is 18.8. The molecule has 0 spiro atoms. The Morgan fingerprint density at radius 1 is 0.357 bits per heavy atom. The van der Waals surface area contributed by atoms with Crippen LogP contribution < -0.4 is 9.80 Å². The number of hydrogen-bond acceptors (Lipinski definition) is 4. The van der Waals surface area contributed by atoms with Crippen LogP contribution in [-0.2, 0) is 0 Å². The molecule has 5 heteroatoms. The number of nitrogens with zero attached hydrogens (tertiary/aromatic N) is 2. The number of rotatable bonds is 6. The number of furan rings is 2. The molecule has 0 aliphatic carbocycles. The van der Waals surface area contributed by atoms with Gasteiger partial charge in [-0.15, -0.1) is 0 Å². The molecule has 0 saturated carbocycles. The van der Waals surface area contributed by atoms with Gasteiger partial charge in [0, 0.05) is 44.3 Å². The van der Waals surface area contributed by atoms with Crippen LogP contribution in [0.4, 0.5) is 34.1 Å². The number of anilines is 6. The minimum atomic E-state index is 0.862. The first kappa shape index (κ1) is 32.6. The Hall–Kier alpha value is -6.82. The van der Waals surface area contributed by atoms with Crippen LogP contribution in [0.2, 0.25) is 0 Å². The van der Waals surface area contributed by atoms with Crippen LogP contribution in [0, 0.1) is 6.92 Å². The van der Waals surface area contributed by atoms with Gasteiger partial charge in [-0.3, -0.25) is 0 Å². The van der Waals surface area contributed by atoms with E-state index in [1.54, 1.807) is 0 Å². The van der Waals surface area contributed by atoms with Crippen molar-refractivity contribution in [3.05, 3.63) is 192 Å². The summed E-state index contributed by atoms with van der Waals surface area (Å²) in [4.78, 5) is 4.67. The minimum absolute atomic E-state index is 0.862. The lowest BCUT2D eigenvalue weighted by atomic mass is 10.0. The first-order chi connectivity index (χ1) is 27.6. The highest BCUT2D eigenvalue weighted by Gasteiger charge is 2.24. The van der Waals surface area contributed by atoms with Gasteiger partial charge in [-0.2, -0.15) is 0 Å². The molecule has 0 radical (unpaired) electrons. The highest BCUT2D eigenvalue weighted by molar-refractivity contribution is 9.10. The van der Waals surface area contributed by atoms with E-state index in [2.05, 4.69) is 215 Å². The summed E-state index contributed by atoms with van der Waals surface area (Å²) in [6.07, 6.45) is 0. The summed E-state index contributed by atoms with van der Waals surface area (Å²) >= 11 is 4.20. The number of halogens is 1. The fourth-order valence-corrected chi connectivity index (χ4v) is 8.83. The molecule has 56 heavy (non-hydrogen) atoms. The molecule has 9 aromatic carbocycles. The molecule has 0 aliphatic rings. The first-order valence-corrected chi connectivity index (χ1v) is 19.6. The molecule has 2 heterocycles. The predicted molar refractivity (Wildman–Crippen MR) is 238 cm³/mol. The quantitative estimate of drug-likeness (QED) is 0.168. The van der Waals surface area contributed by atoms with Gasteiger partial charge in [0.2, 0.25) is 0 Å². The van der Waals surface area contributed by atoms with E-state index in [1.807, 2.05) is 0 Å². The van der Waals surface area contributed by atoms with E-state index in [-0.39, 0.29) is 0 Å². The Labute approximate surface area is 331 Å². The fraction of sp³-hybridized carbons (Fsp3) is 0.0196. The van der Waals surface area contributed by atoms with Crippen molar-refractivity contribution in [2.75, 3.05) is 9.80 Å². The Kier molecular flexibility index (Phi) is 7.51. The van der Waals surface area contributed by atoms with Crippen molar-refractivity contribution in [3.63, 3.8) is 0 Å². The van der Waals surface area contributed by atoms with Crippen LogP contribution >= 0.6 is 15.9 Å². The zero-order valence-corrected chi connectivity index (χ0v) is 32.0. The average molecular weight is 786 g/mol. The summed E-state index contributed by atoms with van der Waals surface area (Å²) in [7, 11) is 0. The Morgan fingerprint density at radius 3 is 1.16 bits per heavy atom. The van der Waals surface area contributed by atoms with Crippen LogP contribution in [0.25, 0.3) is 65.4 Å². The van der Waals surface area contributed by atoms with Crippen LogP contribution in [-0.4, -0.2) is 0 Å². The average Bonchev–Trinajstić information content (AvgIpc) is 3.78. The van der Waals surface area contributed by atoms with Crippen LogP contribution in [0.5, 0.6) is 0 Å². The van der Waals surface area contributed by atoms with Crippen molar-refractivity contribution in [2.24, 2.45) is 0 Å². The second-order valence-electron chi connectivity index (χ2n) is 14.4. The molecule has 4 nitrogen and oxygen atoms in total. The topological polar surface area (TPSA) is 32.8 Å². The number of aryl methyl sites for hydroxylation is 1. The van der Waals surface area contributed by atoms with Crippen molar-refractivity contribution in [1.29, 1.82) is 0 Å². The molecule has 0 atom stereocenters. The number of hydrogen-bond donors (Lipinski definition) is 0. The van der Waals surface area contributed by atoms with Crippen LogP contribution in [0.15, 0.2) is 195 Å². The summed E-state index contributed by atoms with van der Waals surface area (Å²) < 4.78 is 13.8. The standard InChI is InChI=1S/C51H33BrN2O2/c1-32-24-45(53(37-16-4-2-5-17-37)39-20-22-47-43(30-39)41-26-33-12-8-10-14-35(33)28-49(41)55-47)51(52)46(25-32)54(38-18-6-3-7-19-38)40-21-23-48-44(31-40)42-27-34-13-9-11-15-36(34)29-50(42)56-48/h2-31H,1H3. The Morgan fingerprint density at radius 2 is 0.732 bits per heavy atom. The normalized spacial score (nSPS) is 11.8. The van der Waals surface area contributed by atoms with Gasteiger partial charge in [0.25, 0.3) is 0 Å². The number of fused-ring (bicyclic) bond motifs is 8. The highest BCUT2D eigenvalue weighted by atomic mass is 79.9. The van der Waals surface area contributed by atoms with Gasteiger partial charge in [0.1, 0.15) is 22.3 Å². The van der Waals surface area contributed by atoms with Crippen LogP contribution in [0.3, 0.4) is 0 Å². The molecule has 0 aliphatic heterocycles. The third kappa shape index (κ3) is 5.35. The van der Waals surface area contributed by atoms with E-state index in [4.69, 9.17) is 8.83 Å². The third-order valence-corrected chi connectivity index (χ3v) is 11.7. The largest absolute Gasteiger partial charge is 0.456 e. The summed E-state index contributed by atoms with van der Waals surface area (Å²) in [5.41, 5.74) is 10.8. The number of benzene rings is 9. The Bertz CT molecular complexity index is 3080. The van der Waals surface area contributed by atoms with E-state index >= 15 is 0 Å². The Balaban J connectivity index is 1.11. The fourth-order valence-electron chi connectivity index (χ4n) is 8.24. The second kappa shape index (κ2) is 12.9. The van der Waals surface area contributed by atoms with E-state index in [0.717, 1.165) is 98.8 Å². The van der Waals surface area contributed by atoms with Gasteiger partial charge in [-0.1, -0.05) is 84.9 Å². The maximum Gasteiger partial charge on any atom is 0.136 e. The number of para-hydroxylation sites is 2. The molecule has 266 valence electrons. The molecule has 0 saturated heterocycles. The highest BCUT2D eigenvalue weighted by Crippen LogP contribution is 2.49. The molecular weight excluding hydrogens is 752 g/mol. The molecule has 11 rings (SSSR count). The maximum atomic E-state index is 6.43. The van der Waals surface area contributed by atoms with E-state index in [0.29, 0.717) is 0 Å². The van der Waals surface area contributed by atoms with Crippen molar-refractivity contribution in [2.45, 2.75) is 6.92 Å². The van der Waals surface area contributed by atoms with Crippen molar-refractivity contribution in [1.82, 2.24) is 0 Å². The molecule has 2 aromatic heterocycles. The smallest absolute Gasteiger partial charge is 0.136 e. The van der Waals surface area contributed by atoms with Gasteiger partial charge >= 0.3 is 0 Å². The van der Waals surface area contributed by atoms with E-state index in [1.165, 1.54) is 10.8 Å². The summed E-state index contributed by atoms with van der Waals surface area (Å²) in [5, 5.41) is 9.06. The summed E-state index contributed by atoms with van der Waals surface area (Å²) in [6.45, 7) is 2.17. The molecule has 0 unspecified atom stereocenters. The lowest BCUT2D eigenvalue weighted by Crippen LogP contribution is -2.15. The zero-order chi connectivity index (χ0) is 37.3. The second-order valence-corrected chi connectivity index (χ2v) is 15.2. The molecular formula is C51H33BrN2O2. The summed E-state index contributed by atoms with van der Waals surface area (Å²) in [6, 6.07) is 64.3. The lowest BCUT2D eigenvalue weighted by Gasteiger charge is -2.31. The van der Waals surface area contributed by atoms with Crippen molar-refractivity contribution in [3.8, 4) is 0 Å². The third-order valence-electron chi connectivity index (χ3n) is 10.8. The molecule has 11 aromatic rings. The predicted octanol–water partition coefficient (Wildman–Crippen LogP) is 15.8.